The highest BCUT2D eigenvalue weighted by atomic mass is 19.4. The van der Waals surface area contributed by atoms with Crippen LogP contribution in [-0.2, 0) is 0 Å². The van der Waals surface area contributed by atoms with E-state index >= 15 is 0 Å². The van der Waals surface area contributed by atoms with Gasteiger partial charge in [0.05, 0.1) is 5.69 Å². The van der Waals surface area contributed by atoms with Crippen LogP contribution >= 0.6 is 0 Å². The number of aliphatic imine (C=N–C) groups is 2. The molecule has 2 heterocycles. The Morgan fingerprint density at radius 1 is 0.900 bits per heavy atom. The van der Waals surface area contributed by atoms with Gasteiger partial charge in [0.1, 0.15) is 0 Å². The molecule has 2 aliphatic rings. The first kappa shape index (κ1) is 20.3. The maximum atomic E-state index is 13.1. The summed E-state index contributed by atoms with van der Waals surface area (Å²) in [7, 11) is 0. The molecular weight excluding hydrogens is 389 g/mol. The summed E-state index contributed by atoms with van der Waals surface area (Å²) >= 11 is 0. The molecule has 1 aliphatic carbocycles. The smallest absolute Gasteiger partial charge is 0.384 e. The zero-order valence-corrected chi connectivity index (χ0v) is 16.5. The van der Waals surface area contributed by atoms with Crippen LogP contribution in [0.25, 0.3) is 11.3 Å². The van der Waals surface area contributed by atoms with E-state index in [-0.39, 0.29) is 12.4 Å². The molecule has 4 nitrogen and oxygen atoms in total. The zero-order chi connectivity index (χ0) is 21.0. The van der Waals surface area contributed by atoms with Gasteiger partial charge in [-0.2, -0.15) is 13.2 Å². The number of hydrogen-bond acceptors (Lipinski definition) is 4. The minimum atomic E-state index is -4.56. The molecular formula is C23H23F3N4. The van der Waals surface area contributed by atoms with Gasteiger partial charge in [-0.25, -0.2) is 9.98 Å². The third-order valence-electron chi connectivity index (χ3n) is 5.48. The van der Waals surface area contributed by atoms with Crippen molar-refractivity contribution in [3.63, 3.8) is 0 Å². The number of nitrogens with zero attached hydrogens (tertiary/aromatic N) is 3. The largest absolute Gasteiger partial charge is 0.434 e. The lowest BCUT2D eigenvalue weighted by Gasteiger charge is -2.22. The van der Waals surface area contributed by atoms with Crippen molar-refractivity contribution in [1.82, 2.24) is 10.3 Å². The SMILES string of the molecule is FC(F)(F)/C1=C/NCC=NC(c2ccc(-c3ccc(C4CCCCC4)cc3)nc2)=N1. The first-order valence-electron chi connectivity index (χ1n) is 10.2. The van der Waals surface area contributed by atoms with E-state index in [0.717, 1.165) is 17.5 Å². The standard InChI is InChI=1S/C23H23F3N4/c24-23(25,26)21-15-27-12-13-28-22(30-21)19-10-11-20(29-14-19)18-8-6-17(7-9-18)16-4-2-1-3-5-16/h6-11,13-16,27H,1-5,12H2/b21-15-,28-13?,30-22?. The number of amidine groups is 1. The average Bonchev–Trinajstić information content (AvgIpc) is 2.74. The van der Waals surface area contributed by atoms with Crippen LogP contribution in [0.3, 0.4) is 0 Å². The fourth-order valence-corrected chi connectivity index (χ4v) is 3.86. The summed E-state index contributed by atoms with van der Waals surface area (Å²) in [4.78, 5) is 12.2. The maximum Gasteiger partial charge on any atom is 0.434 e. The minimum Gasteiger partial charge on any atom is -0.384 e. The van der Waals surface area contributed by atoms with Crippen molar-refractivity contribution in [2.24, 2.45) is 9.98 Å². The van der Waals surface area contributed by atoms with Gasteiger partial charge >= 0.3 is 6.18 Å². The Morgan fingerprint density at radius 3 is 2.30 bits per heavy atom. The lowest BCUT2D eigenvalue weighted by atomic mass is 9.84. The van der Waals surface area contributed by atoms with Crippen LogP contribution in [0.1, 0.15) is 49.1 Å². The molecule has 1 fully saturated rings. The highest BCUT2D eigenvalue weighted by molar-refractivity contribution is 6.03. The number of halogens is 3. The summed E-state index contributed by atoms with van der Waals surface area (Å²) in [5.74, 6) is 0.635. The highest BCUT2D eigenvalue weighted by Crippen LogP contribution is 2.33. The molecule has 1 aromatic heterocycles. The first-order valence-corrected chi connectivity index (χ1v) is 10.2. The van der Waals surface area contributed by atoms with Crippen molar-refractivity contribution in [3.8, 4) is 11.3 Å². The summed E-state index contributed by atoms with van der Waals surface area (Å²) in [6.07, 6.45) is 5.73. The number of rotatable bonds is 3. The molecule has 1 N–H and O–H groups in total. The van der Waals surface area contributed by atoms with Gasteiger partial charge < -0.3 is 5.32 Å². The Kier molecular flexibility index (Phi) is 5.97. The number of pyridine rings is 1. The molecule has 0 amide bonds. The number of nitrogens with one attached hydrogen (secondary N) is 1. The predicted molar refractivity (Wildman–Crippen MR) is 113 cm³/mol. The fraction of sp³-hybridized carbons (Fsp3) is 0.348. The molecule has 0 bridgehead atoms. The summed E-state index contributed by atoms with van der Waals surface area (Å²) in [5, 5.41) is 2.52. The Labute approximate surface area is 173 Å². The molecule has 7 heteroatoms. The van der Waals surface area contributed by atoms with E-state index in [1.165, 1.54) is 50.1 Å². The molecule has 0 saturated heterocycles. The molecule has 30 heavy (non-hydrogen) atoms. The third-order valence-corrected chi connectivity index (χ3v) is 5.48. The molecule has 2 aromatic rings. The average molecular weight is 412 g/mol. The number of hydrogen-bond donors (Lipinski definition) is 1. The van der Waals surface area contributed by atoms with Crippen LogP contribution in [0.4, 0.5) is 13.2 Å². The molecule has 156 valence electrons. The van der Waals surface area contributed by atoms with Gasteiger partial charge in [-0.3, -0.25) is 4.98 Å². The predicted octanol–water partition coefficient (Wildman–Crippen LogP) is 5.62. The minimum absolute atomic E-state index is 0.00762. The van der Waals surface area contributed by atoms with E-state index in [4.69, 9.17) is 0 Å². The molecule has 1 saturated carbocycles. The topological polar surface area (TPSA) is 49.6 Å². The molecule has 0 atom stereocenters. The lowest BCUT2D eigenvalue weighted by molar-refractivity contribution is -0.0927. The van der Waals surface area contributed by atoms with E-state index < -0.39 is 11.9 Å². The van der Waals surface area contributed by atoms with Crippen molar-refractivity contribution >= 4 is 12.1 Å². The van der Waals surface area contributed by atoms with E-state index in [9.17, 15) is 13.2 Å². The van der Waals surface area contributed by atoms with Gasteiger partial charge in [0.15, 0.2) is 11.5 Å². The normalized spacial score (nSPS) is 19.8. The molecule has 1 aromatic carbocycles. The van der Waals surface area contributed by atoms with Crippen LogP contribution in [0.15, 0.2) is 64.5 Å². The Hall–Kier alpha value is -2.96. The summed E-state index contributed by atoms with van der Waals surface area (Å²) in [6, 6.07) is 11.9. The second-order valence-electron chi connectivity index (χ2n) is 7.57. The van der Waals surface area contributed by atoms with Crippen molar-refractivity contribution < 1.29 is 13.2 Å². The Morgan fingerprint density at radius 2 is 1.63 bits per heavy atom. The van der Waals surface area contributed by atoms with E-state index in [2.05, 4.69) is 44.6 Å². The number of benzene rings is 1. The molecule has 4 rings (SSSR count). The van der Waals surface area contributed by atoms with Crippen molar-refractivity contribution in [3.05, 3.63) is 65.6 Å². The summed E-state index contributed by atoms with van der Waals surface area (Å²) in [6.45, 7) is 0.192. The fourth-order valence-electron chi connectivity index (χ4n) is 3.86. The van der Waals surface area contributed by atoms with E-state index in [1.807, 2.05) is 0 Å². The van der Waals surface area contributed by atoms with Gasteiger partial charge in [0.25, 0.3) is 0 Å². The number of allylic oxidation sites excluding steroid dienone is 1. The van der Waals surface area contributed by atoms with Gasteiger partial charge in [0.2, 0.25) is 0 Å². The zero-order valence-electron chi connectivity index (χ0n) is 16.5. The van der Waals surface area contributed by atoms with Gasteiger partial charge in [-0.1, -0.05) is 43.5 Å². The van der Waals surface area contributed by atoms with Gasteiger partial charge in [-0.15, -0.1) is 0 Å². The number of aromatic nitrogens is 1. The maximum absolute atomic E-state index is 13.1. The first-order chi connectivity index (χ1) is 14.5. The van der Waals surface area contributed by atoms with Crippen molar-refractivity contribution in [1.29, 1.82) is 0 Å². The van der Waals surface area contributed by atoms with Crippen molar-refractivity contribution in [2.75, 3.05) is 6.54 Å². The second-order valence-corrected chi connectivity index (χ2v) is 7.57. The monoisotopic (exact) mass is 412 g/mol. The molecule has 0 unspecified atom stereocenters. The van der Waals surface area contributed by atoms with E-state index in [0.29, 0.717) is 11.5 Å². The second kappa shape index (κ2) is 8.81. The number of alkyl halides is 3. The van der Waals surface area contributed by atoms with Gasteiger partial charge in [0, 0.05) is 36.3 Å². The van der Waals surface area contributed by atoms with Crippen molar-refractivity contribution in [2.45, 2.75) is 44.2 Å². The molecule has 0 radical (unpaired) electrons. The summed E-state index contributed by atoms with van der Waals surface area (Å²) < 4.78 is 39.3. The van der Waals surface area contributed by atoms with Crippen LogP contribution in [-0.4, -0.2) is 29.8 Å². The highest BCUT2D eigenvalue weighted by Gasteiger charge is 2.34. The molecule has 1 aliphatic heterocycles. The summed E-state index contributed by atoms with van der Waals surface area (Å²) in [5.41, 5.74) is 2.53. The molecule has 0 spiro atoms. The van der Waals surface area contributed by atoms with E-state index in [1.54, 1.807) is 12.1 Å². The van der Waals surface area contributed by atoms with Gasteiger partial charge in [-0.05, 0) is 36.5 Å². The Balaban J connectivity index is 1.55. The van der Waals surface area contributed by atoms with Crippen LogP contribution < -0.4 is 5.32 Å². The van der Waals surface area contributed by atoms with Crippen LogP contribution in [0, 0.1) is 0 Å². The van der Waals surface area contributed by atoms with Crippen LogP contribution in [0.5, 0.6) is 0 Å². The third kappa shape index (κ3) is 4.78. The van der Waals surface area contributed by atoms with Crippen LogP contribution in [0.2, 0.25) is 0 Å². The quantitative estimate of drug-likeness (QED) is 0.711. The Bertz CT molecular complexity index is 951. The lowest BCUT2D eigenvalue weighted by Crippen LogP contribution is -2.20.